The molecular formula is C25H25ClFNO3. The molecule has 6 heteroatoms. The van der Waals surface area contributed by atoms with Gasteiger partial charge in [0.2, 0.25) is 6.79 Å². The summed E-state index contributed by atoms with van der Waals surface area (Å²) >= 11 is 0. The Morgan fingerprint density at radius 2 is 1.77 bits per heavy atom. The number of benzene rings is 3. The van der Waals surface area contributed by atoms with E-state index in [0.717, 1.165) is 47.9 Å². The third kappa shape index (κ3) is 4.78. The van der Waals surface area contributed by atoms with Crippen molar-refractivity contribution in [2.45, 2.75) is 12.3 Å². The highest BCUT2D eigenvalue weighted by Gasteiger charge is 2.27. The lowest BCUT2D eigenvalue weighted by Crippen LogP contribution is -2.38. The largest absolute Gasteiger partial charge is 0.493 e. The summed E-state index contributed by atoms with van der Waals surface area (Å²) in [6.07, 6.45) is 1.06. The Labute approximate surface area is 187 Å². The molecule has 0 saturated carbocycles. The van der Waals surface area contributed by atoms with Crippen LogP contribution >= 0.6 is 12.4 Å². The molecule has 0 aliphatic carbocycles. The number of ether oxygens (including phenoxy) is 3. The highest BCUT2D eigenvalue weighted by atomic mass is 35.5. The van der Waals surface area contributed by atoms with Crippen LogP contribution in [-0.2, 0) is 0 Å². The average molecular weight is 442 g/mol. The van der Waals surface area contributed by atoms with Crippen LogP contribution in [0.1, 0.15) is 17.9 Å². The highest BCUT2D eigenvalue weighted by molar-refractivity contribution is 5.85. The number of fused-ring (bicyclic) bond motifs is 1. The van der Waals surface area contributed by atoms with Crippen LogP contribution in [0, 0.1) is 11.7 Å². The third-order valence-corrected chi connectivity index (χ3v) is 5.91. The first-order valence-electron chi connectivity index (χ1n) is 10.4. The van der Waals surface area contributed by atoms with Crippen molar-refractivity contribution in [1.29, 1.82) is 0 Å². The molecule has 3 aromatic rings. The maximum absolute atomic E-state index is 13.3. The number of piperidine rings is 1. The summed E-state index contributed by atoms with van der Waals surface area (Å²) < 4.78 is 30.2. The fourth-order valence-electron chi connectivity index (χ4n) is 4.30. The van der Waals surface area contributed by atoms with Gasteiger partial charge < -0.3 is 19.5 Å². The molecule has 0 aromatic heterocycles. The van der Waals surface area contributed by atoms with Gasteiger partial charge in [0, 0.05) is 18.5 Å². The van der Waals surface area contributed by atoms with Gasteiger partial charge in [0.1, 0.15) is 11.6 Å². The van der Waals surface area contributed by atoms with E-state index in [2.05, 4.69) is 29.6 Å². The van der Waals surface area contributed by atoms with Gasteiger partial charge in [-0.05, 0) is 59.8 Å². The summed E-state index contributed by atoms with van der Waals surface area (Å²) in [5.41, 5.74) is 3.44. The summed E-state index contributed by atoms with van der Waals surface area (Å²) in [7, 11) is 0. The van der Waals surface area contributed by atoms with Crippen LogP contribution in [0.5, 0.6) is 17.2 Å². The zero-order valence-electron chi connectivity index (χ0n) is 17.1. The number of hydrogen-bond acceptors (Lipinski definition) is 4. The molecule has 0 spiro atoms. The Bertz CT molecular complexity index is 1030. The minimum Gasteiger partial charge on any atom is -0.493 e. The lowest BCUT2D eigenvalue weighted by atomic mass is 9.81. The van der Waals surface area contributed by atoms with Gasteiger partial charge in [-0.15, -0.1) is 12.4 Å². The van der Waals surface area contributed by atoms with Crippen molar-refractivity contribution in [2.75, 3.05) is 26.5 Å². The second-order valence-electron chi connectivity index (χ2n) is 7.82. The maximum Gasteiger partial charge on any atom is 0.231 e. The summed E-state index contributed by atoms with van der Waals surface area (Å²) in [6, 6.07) is 21.0. The Balaban J connectivity index is 0.00000231. The molecule has 0 radical (unpaired) electrons. The number of nitrogens with one attached hydrogen (secondary N) is 1. The van der Waals surface area contributed by atoms with Crippen molar-refractivity contribution in [2.24, 2.45) is 5.92 Å². The highest BCUT2D eigenvalue weighted by Crippen LogP contribution is 2.37. The van der Waals surface area contributed by atoms with E-state index in [-0.39, 0.29) is 25.0 Å². The molecule has 162 valence electrons. The van der Waals surface area contributed by atoms with Gasteiger partial charge in [0.05, 0.1) is 6.61 Å². The van der Waals surface area contributed by atoms with Gasteiger partial charge in [0.15, 0.2) is 11.5 Å². The summed E-state index contributed by atoms with van der Waals surface area (Å²) in [5.74, 6) is 2.83. The predicted molar refractivity (Wildman–Crippen MR) is 121 cm³/mol. The second kappa shape index (κ2) is 9.58. The zero-order chi connectivity index (χ0) is 20.3. The molecule has 5 rings (SSSR count). The van der Waals surface area contributed by atoms with Gasteiger partial charge in [0.25, 0.3) is 0 Å². The number of hydrogen-bond donors (Lipinski definition) is 1. The summed E-state index contributed by atoms with van der Waals surface area (Å²) in [5, 5.41) is 3.50. The Morgan fingerprint density at radius 3 is 2.65 bits per heavy atom. The Hall–Kier alpha value is -2.76. The summed E-state index contributed by atoms with van der Waals surface area (Å²) in [6.45, 7) is 2.79. The second-order valence-corrected chi connectivity index (χ2v) is 7.82. The molecule has 2 heterocycles. The molecule has 1 saturated heterocycles. The fourth-order valence-corrected chi connectivity index (χ4v) is 4.30. The lowest BCUT2D eigenvalue weighted by molar-refractivity contribution is 0.173. The minimum absolute atomic E-state index is 0. The fraction of sp³-hybridized carbons (Fsp3) is 0.280. The quantitative estimate of drug-likeness (QED) is 0.574. The van der Waals surface area contributed by atoms with Crippen molar-refractivity contribution in [1.82, 2.24) is 5.32 Å². The van der Waals surface area contributed by atoms with Gasteiger partial charge in [-0.2, -0.15) is 0 Å². The molecule has 0 bridgehead atoms. The smallest absolute Gasteiger partial charge is 0.231 e. The van der Waals surface area contributed by atoms with Crippen LogP contribution in [0.2, 0.25) is 0 Å². The first-order chi connectivity index (χ1) is 14.8. The monoisotopic (exact) mass is 441 g/mol. The van der Waals surface area contributed by atoms with Crippen molar-refractivity contribution in [3.05, 3.63) is 78.1 Å². The van der Waals surface area contributed by atoms with Crippen LogP contribution < -0.4 is 19.5 Å². The van der Waals surface area contributed by atoms with Crippen molar-refractivity contribution in [3.63, 3.8) is 0 Å². The van der Waals surface area contributed by atoms with Crippen molar-refractivity contribution in [3.8, 4) is 28.4 Å². The molecule has 4 nitrogen and oxygen atoms in total. The van der Waals surface area contributed by atoms with E-state index in [1.165, 1.54) is 17.7 Å². The third-order valence-electron chi connectivity index (χ3n) is 5.91. The predicted octanol–water partition coefficient (Wildman–Crippen LogP) is 5.42. The van der Waals surface area contributed by atoms with E-state index in [1.54, 1.807) is 0 Å². The Morgan fingerprint density at radius 1 is 0.935 bits per heavy atom. The first-order valence-corrected chi connectivity index (χ1v) is 10.4. The number of halogens is 2. The molecule has 31 heavy (non-hydrogen) atoms. The molecule has 3 aromatic carbocycles. The molecular weight excluding hydrogens is 417 g/mol. The maximum atomic E-state index is 13.3. The molecule has 2 aliphatic heterocycles. The van der Waals surface area contributed by atoms with E-state index in [4.69, 9.17) is 14.2 Å². The average Bonchev–Trinajstić information content (AvgIpc) is 3.26. The SMILES string of the molecule is Cl.Fc1ccc(-c2cccc([C@@H]3CCNC[C@H]3COc3ccc4c(c3)OCO4)c2)cc1. The molecule has 0 unspecified atom stereocenters. The van der Waals surface area contributed by atoms with Gasteiger partial charge in [-0.1, -0.05) is 36.4 Å². The Kier molecular flexibility index (Phi) is 6.64. The van der Waals surface area contributed by atoms with E-state index >= 15 is 0 Å². The topological polar surface area (TPSA) is 39.7 Å². The van der Waals surface area contributed by atoms with Gasteiger partial charge >= 0.3 is 0 Å². The summed E-state index contributed by atoms with van der Waals surface area (Å²) in [4.78, 5) is 0. The van der Waals surface area contributed by atoms with Gasteiger partial charge in [-0.25, -0.2) is 4.39 Å². The molecule has 1 N–H and O–H groups in total. The zero-order valence-corrected chi connectivity index (χ0v) is 17.9. The van der Waals surface area contributed by atoms with Gasteiger partial charge in [-0.3, -0.25) is 0 Å². The molecule has 2 atom stereocenters. The lowest BCUT2D eigenvalue weighted by Gasteiger charge is -2.32. The van der Waals surface area contributed by atoms with Crippen LogP contribution in [0.15, 0.2) is 66.7 Å². The van der Waals surface area contributed by atoms with Crippen LogP contribution in [-0.4, -0.2) is 26.5 Å². The van der Waals surface area contributed by atoms with E-state index in [0.29, 0.717) is 18.4 Å². The molecule has 0 amide bonds. The van der Waals surface area contributed by atoms with Crippen molar-refractivity contribution >= 4 is 12.4 Å². The van der Waals surface area contributed by atoms with E-state index < -0.39 is 0 Å². The standard InChI is InChI=1S/C25H24FNO3.ClH/c26-21-6-4-17(5-7-21)18-2-1-3-19(12-18)23-10-11-27-14-20(23)15-28-22-8-9-24-25(13-22)30-16-29-24;/h1-9,12-13,20,23,27H,10-11,14-16H2;1H/t20-,23-;/m0./s1. The van der Waals surface area contributed by atoms with Crippen LogP contribution in [0.4, 0.5) is 4.39 Å². The molecule has 2 aliphatic rings. The minimum atomic E-state index is -0.214. The molecule has 1 fully saturated rings. The number of rotatable bonds is 5. The normalized spacial score (nSPS) is 19.5. The first kappa shape index (κ1) is 21.5. The van der Waals surface area contributed by atoms with Crippen LogP contribution in [0.3, 0.4) is 0 Å². The van der Waals surface area contributed by atoms with E-state index in [1.807, 2.05) is 30.3 Å². The van der Waals surface area contributed by atoms with Crippen molar-refractivity contribution < 1.29 is 18.6 Å². The van der Waals surface area contributed by atoms with E-state index in [9.17, 15) is 4.39 Å². The van der Waals surface area contributed by atoms with Crippen LogP contribution in [0.25, 0.3) is 11.1 Å².